The van der Waals surface area contributed by atoms with Gasteiger partial charge in [0.2, 0.25) is 5.78 Å². The zero-order chi connectivity index (χ0) is 14.4. The summed E-state index contributed by atoms with van der Waals surface area (Å²) in [5, 5.41) is 0. The van der Waals surface area contributed by atoms with Crippen molar-refractivity contribution in [3.8, 4) is 0 Å². The third-order valence-corrected chi connectivity index (χ3v) is 2.89. The van der Waals surface area contributed by atoms with Crippen molar-refractivity contribution in [3.05, 3.63) is 12.2 Å². The number of ketones is 1. The van der Waals surface area contributed by atoms with Crippen LogP contribution in [0.1, 0.15) is 27.7 Å². The van der Waals surface area contributed by atoms with Crippen LogP contribution in [0.3, 0.4) is 0 Å². The van der Waals surface area contributed by atoms with Crippen LogP contribution >= 0.6 is 0 Å². The molecule has 0 atom stereocenters. The molecule has 0 aliphatic heterocycles. The Morgan fingerprint density at radius 1 is 1.28 bits per heavy atom. The lowest BCUT2D eigenvalue weighted by Gasteiger charge is -2.31. The quantitative estimate of drug-likeness (QED) is 0.302. The van der Waals surface area contributed by atoms with E-state index in [0.717, 1.165) is 6.54 Å². The molecule has 0 radical (unpaired) electrons. The Bertz CT molecular complexity index is 330. The number of rotatable bonds is 7. The van der Waals surface area contributed by atoms with Gasteiger partial charge in [0.05, 0.1) is 27.2 Å². The van der Waals surface area contributed by atoms with E-state index in [0.29, 0.717) is 17.6 Å². The van der Waals surface area contributed by atoms with Crippen LogP contribution in [0, 0.1) is 5.41 Å². The number of carbonyl (C=O) groups is 2. The molecule has 0 N–H and O–H groups in total. The van der Waals surface area contributed by atoms with Crippen molar-refractivity contribution in [1.29, 1.82) is 0 Å². The van der Waals surface area contributed by atoms with E-state index in [4.69, 9.17) is 4.74 Å². The van der Waals surface area contributed by atoms with Crippen LogP contribution in [-0.2, 0) is 14.3 Å². The van der Waals surface area contributed by atoms with Gasteiger partial charge >= 0.3 is 5.97 Å². The molecule has 0 heterocycles. The summed E-state index contributed by atoms with van der Waals surface area (Å²) in [7, 11) is 3.94. The topological polar surface area (TPSA) is 43.4 Å². The number of Topliss-reactive ketones (excluding diaryl/α,β-unsaturated/α-hetero) is 1. The molecule has 0 aromatic rings. The van der Waals surface area contributed by atoms with E-state index in [1.165, 1.54) is 0 Å². The van der Waals surface area contributed by atoms with Gasteiger partial charge in [0.15, 0.2) is 0 Å². The van der Waals surface area contributed by atoms with Gasteiger partial charge in [-0.25, -0.2) is 0 Å². The van der Waals surface area contributed by atoms with Crippen molar-refractivity contribution in [2.45, 2.75) is 27.7 Å². The minimum Gasteiger partial charge on any atom is -0.465 e. The summed E-state index contributed by atoms with van der Waals surface area (Å²) in [5.41, 5.74) is -1.07. The average molecular weight is 256 g/mol. The standard InChI is InChI=1S/C14H26NO3/c1-7-9-10-15(5,6)11-12(16)14(3,4)13(17)18-8-2/h7,9H,8,10-11H2,1-6H3/q+1. The number of likely N-dealkylation sites (N-methyl/N-ethyl adjacent to an activating group) is 1. The molecule has 0 unspecified atom stereocenters. The number of hydrogen-bond donors (Lipinski definition) is 0. The second-order valence-corrected chi connectivity index (χ2v) is 5.61. The van der Waals surface area contributed by atoms with Crippen molar-refractivity contribution in [1.82, 2.24) is 0 Å². The molecule has 4 heteroatoms. The highest BCUT2D eigenvalue weighted by Crippen LogP contribution is 2.20. The molecule has 104 valence electrons. The van der Waals surface area contributed by atoms with Crippen LogP contribution < -0.4 is 0 Å². The molecule has 0 aliphatic carbocycles. The Morgan fingerprint density at radius 2 is 1.83 bits per heavy atom. The normalized spacial score (nSPS) is 12.8. The fourth-order valence-electron chi connectivity index (χ4n) is 1.47. The van der Waals surface area contributed by atoms with Gasteiger partial charge in [-0.1, -0.05) is 6.08 Å². The molecule has 0 aliphatic rings. The Balaban J connectivity index is 4.69. The van der Waals surface area contributed by atoms with Gasteiger partial charge < -0.3 is 9.22 Å². The minimum atomic E-state index is -1.07. The molecule has 0 bridgehead atoms. The first-order valence-corrected chi connectivity index (χ1v) is 6.31. The molecule has 0 saturated carbocycles. The van der Waals surface area contributed by atoms with E-state index in [-0.39, 0.29) is 5.78 Å². The third kappa shape index (κ3) is 5.00. The lowest BCUT2D eigenvalue weighted by Crippen LogP contribution is -2.49. The van der Waals surface area contributed by atoms with Gasteiger partial charge in [0.1, 0.15) is 12.0 Å². The first-order chi connectivity index (χ1) is 8.17. The third-order valence-electron chi connectivity index (χ3n) is 2.89. The predicted octanol–water partition coefficient (Wildman–Crippen LogP) is 1.80. The molecule has 0 aromatic heterocycles. The van der Waals surface area contributed by atoms with Crippen molar-refractivity contribution in [2.75, 3.05) is 33.8 Å². The molecule has 4 nitrogen and oxygen atoms in total. The minimum absolute atomic E-state index is 0.0875. The Hall–Kier alpha value is -1.16. The van der Waals surface area contributed by atoms with Gasteiger partial charge in [-0.2, -0.15) is 0 Å². The summed E-state index contributed by atoms with van der Waals surface area (Å²) < 4.78 is 5.48. The van der Waals surface area contributed by atoms with Crippen molar-refractivity contribution in [3.63, 3.8) is 0 Å². The smallest absolute Gasteiger partial charge is 0.319 e. The van der Waals surface area contributed by atoms with E-state index >= 15 is 0 Å². The van der Waals surface area contributed by atoms with Crippen LogP contribution in [-0.4, -0.2) is 50.0 Å². The summed E-state index contributed by atoms with van der Waals surface area (Å²) >= 11 is 0. The highest BCUT2D eigenvalue weighted by Gasteiger charge is 2.40. The number of hydrogen-bond acceptors (Lipinski definition) is 3. The van der Waals surface area contributed by atoms with E-state index in [1.54, 1.807) is 20.8 Å². The number of allylic oxidation sites excluding steroid dienone is 1. The van der Waals surface area contributed by atoms with Crippen LogP contribution in [0.4, 0.5) is 0 Å². The molecule has 18 heavy (non-hydrogen) atoms. The summed E-state index contributed by atoms with van der Waals surface area (Å²) in [6.07, 6.45) is 3.98. The molecule has 0 spiro atoms. The fourth-order valence-corrected chi connectivity index (χ4v) is 1.47. The van der Waals surface area contributed by atoms with Gasteiger partial charge in [-0.3, -0.25) is 9.59 Å². The highest BCUT2D eigenvalue weighted by molar-refractivity contribution is 6.03. The molecular formula is C14H26NO3+. The van der Waals surface area contributed by atoms with E-state index in [1.807, 2.05) is 33.2 Å². The highest BCUT2D eigenvalue weighted by atomic mass is 16.5. The zero-order valence-electron chi connectivity index (χ0n) is 12.4. The molecule has 0 rings (SSSR count). The van der Waals surface area contributed by atoms with Crippen LogP contribution in [0.25, 0.3) is 0 Å². The van der Waals surface area contributed by atoms with E-state index in [2.05, 4.69) is 0 Å². The molecular weight excluding hydrogens is 230 g/mol. The van der Waals surface area contributed by atoms with E-state index in [9.17, 15) is 9.59 Å². The number of quaternary nitrogens is 1. The number of nitrogens with zero attached hydrogens (tertiary/aromatic N) is 1. The van der Waals surface area contributed by atoms with Gasteiger partial charge in [0.25, 0.3) is 0 Å². The maximum Gasteiger partial charge on any atom is 0.319 e. The second kappa shape index (κ2) is 6.69. The fraction of sp³-hybridized carbons (Fsp3) is 0.714. The van der Waals surface area contributed by atoms with Gasteiger partial charge in [-0.05, 0) is 33.8 Å². The van der Waals surface area contributed by atoms with Crippen molar-refractivity contribution in [2.24, 2.45) is 5.41 Å². The summed E-state index contributed by atoms with van der Waals surface area (Å²) in [6, 6.07) is 0. The first-order valence-electron chi connectivity index (χ1n) is 6.31. The number of ether oxygens (including phenoxy) is 1. The number of esters is 1. The Labute approximate surface area is 110 Å². The maximum atomic E-state index is 12.2. The monoisotopic (exact) mass is 256 g/mol. The average Bonchev–Trinajstić information content (AvgIpc) is 2.26. The largest absolute Gasteiger partial charge is 0.465 e. The molecule has 0 fully saturated rings. The lowest BCUT2D eigenvalue weighted by molar-refractivity contribution is -0.876. The Morgan fingerprint density at radius 3 is 2.28 bits per heavy atom. The maximum absolute atomic E-state index is 12.2. The van der Waals surface area contributed by atoms with Gasteiger partial charge in [-0.15, -0.1) is 0 Å². The van der Waals surface area contributed by atoms with Crippen LogP contribution in [0.2, 0.25) is 0 Å². The molecule has 0 amide bonds. The SMILES string of the molecule is CC=CC[N+](C)(C)CC(=O)C(C)(C)C(=O)OCC. The second-order valence-electron chi connectivity index (χ2n) is 5.61. The summed E-state index contributed by atoms with van der Waals surface area (Å²) in [6.45, 7) is 8.32. The lowest BCUT2D eigenvalue weighted by atomic mass is 9.87. The van der Waals surface area contributed by atoms with Crippen LogP contribution in [0.15, 0.2) is 12.2 Å². The summed E-state index contributed by atoms with van der Waals surface area (Å²) in [5.74, 6) is -0.531. The molecule has 0 saturated heterocycles. The van der Waals surface area contributed by atoms with Gasteiger partial charge in [0, 0.05) is 0 Å². The zero-order valence-corrected chi connectivity index (χ0v) is 12.4. The van der Waals surface area contributed by atoms with E-state index < -0.39 is 11.4 Å². The van der Waals surface area contributed by atoms with Crippen LogP contribution in [0.5, 0.6) is 0 Å². The van der Waals surface area contributed by atoms with Crippen molar-refractivity contribution >= 4 is 11.8 Å². The summed E-state index contributed by atoms with van der Waals surface area (Å²) in [4.78, 5) is 24.0. The predicted molar refractivity (Wildman–Crippen MR) is 72.1 cm³/mol. The first kappa shape index (κ1) is 16.8. The Kier molecular flexibility index (Phi) is 6.26. The number of carbonyl (C=O) groups excluding carboxylic acids is 2. The van der Waals surface area contributed by atoms with Crippen molar-refractivity contribution < 1.29 is 18.8 Å². The molecule has 0 aromatic carbocycles.